The minimum absolute atomic E-state index is 0.0194. The van der Waals surface area contributed by atoms with Crippen LogP contribution < -0.4 is 4.74 Å². The lowest BCUT2D eigenvalue weighted by molar-refractivity contribution is 0.0529. The Labute approximate surface area is 244 Å². The number of ether oxygens (including phenoxy) is 2. The van der Waals surface area contributed by atoms with Crippen molar-refractivity contribution in [3.63, 3.8) is 0 Å². The van der Waals surface area contributed by atoms with Gasteiger partial charge in [-0.15, -0.1) is 0 Å². The molecule has 2 aliphatic heterocycles. The van der Waals surface area contributed by atoms with Crippen LogP contribution in [-0.2, 0) is 17.9 Å². The number of imidazole rings is 1. The second-order valence-electron chi connectivity index (χ2n) is 10.1. The number of aromatic nitrogens is 3. The Balaban J connectivity index is 0.00000173. The summed E-state index contributed by atoms with van der Waals surface area (Å²) in [5.41, 5.74) is 3.45. The molecular weight excluding hydrogens is 537 g/mol. The van der Waals surface area contributed by atoms with Gasteiger partial charge in [-0.05, 0) is 62.3 Å². The Hall–Kier alpha value is -4.33. The molecule has 2 aliphatic rings. The van der Waals surface area contributed by atoms with Crippen molar-refractivity contribution in [2.24, 2.45) is 0 Å². The summed E-state index contributed by atoms with van der Waals surface area (Å²) in [6, 6.07) is 17.0. The number of carboxylic acid groups (broad SMARTS) is 1. The highest BCUT2D eigenvalue weighted by molar-refractivity contribution is 5.92. The number of hydrogen-bond donors (Lipinski definition) is 1. The first-order valence-corrected chi connectivity index (χ1v) is 14.3. The third-order valence-corrected chi connectivity index (χ3v) is 7.75. The van der Waals surface area contributed by atoms with Crippen molar-refractivity contribution in [1.82, 2.24) is 19.4 Å². The number of carboxylic acids is 1. The molecule has 0 amide bonds. The molecule has 4 heterocycles. The summed E-state index contributed by atoms with van der Waals surface area (Å²) < 4.78 is 28.1. The highest BCUT2D eigenvalue weighted by atomic mass is 19.1. The summed E-state index contributed by atoms with van der Waals surface area (Å²) in [7, 11) is 0. The average Bonchev–Trinajstić information content (AvgIpc) is 3.25. The molecule has 0 aliphatic carbocycles. The van der Waals surface area contributed by atoms with E-state index < -0.39 is 11.8 Å². The third-order valence-electron chi connectivity index (χ3n) is 7.75. The van der Waals surface area contributed by atoms with E-state index in [1.165, 1.54) is 6.07 Å². The van der Waals surface area contributed by atoms with Crippen LogP contribution in [0.25, 0.3) is 11.0 Å². The SMILES string of the molecule is CC.N#Cc1ccc(COc2cccc(C3CCN(C4COCCn5c4nc4ccc(C(=O)O)cc45)CC3)n2)c(F)c1. The van der Waals surface area contributed by atoms with Crippen LogP contribution in [-0.4, -0.2) is 56.8 Å². The summed E-state index contributed by atoms with van der Waals surface area (Å²) in [5, 5.41) is 18.4. The van der Waals surface area contributed by atoms with E-state index in [9.17, 15) is 14.3 Å². The topological polar surface area (TPSA) is 114 Å². The van der Waals surface area contributed by atoms with Gasteiger partial charge in [0.2, 0.25) is 5.88 Å². The van der Waals surface area contributed by atoms with Gasteiger partial charge in [-0.25, -0.2) is 19.2 Å². The second kappa shape index (κ2) is 13.1. The van der Waals surface area contributed by atoms with Gasteiger partial charge in [0.25, 0.3) is 0 Å². The van der Waals surface area contributed by atoms with Crippen LogP contribution in [0.5, 0.6) is 5.88 Å². The average molecular weight is 572 g/mol. The summed E-state index contributed by atoms with van der Waals surface area (Å²) in [5.74, 6) is 0.189. The molecule has 9 nitrogen and oxygen atoms in total. The molecule has 1 N–H and O–H groups in total. The first-order chi connectivity index (χ1) is 20.5. The van der Waals surface area contributed by atoms with Crippen molar-refractivity contribution in [2.75, 3.05) is 26.3 Å². The molecule has 0 radical (unpaired) electrons. The molecule has 6 rings (SSSR count). The highest BCUT2D eigenvalue weighted by Crippen LogP contribution is 2.34. The molecule has 0 bridgehead atoms. The van der Waals surface area contributed by atoms with Crippen molar-refractivity contribution in [3.8, 4) is 11.9 Å². The zero-order valence-electron chi connectivity index (χ0n) is 23.8. The van der Waals surface area contributed by atoms with Crippen LogP contribution in [0, 0.1) is 17.1 Å². The smallest absolute Gasteiger partial charge is 0.335 e. The van der Waals surface area contributed by atoms with Crippen LogP contribution in [0.3, 0.4) is 0 Å². The Kier molecular flexibility index (Phi) is 9.10. The summed E-state index contributed by atoms with van der Waals surface area (Å²) in [6.07, 6.45) is 1.81. The number of carbonyl (C=O) groups is 1. The maximum atomic E-state index is 14.2. The monoisotopic (exact) mass is 571 g/mol. The summed E-state index contributed by atoms with van der Waals surface area (Å²) >= 11 is 0. The van der Waals surface area contributed by atoms with Gasteiger partial charge < -0.3 is 19.1 Å². The molecule has 0 spiro atoms. The van der Waals surface area contributed by atoms with Gasteiger partial charge in [-0.2, -0.15) is 5.26 Å². The maximum absolute atomic E-state index is 14.2. The van der Waals surface area contributed by atoms with Crippen molar-refractivity contribution in [3.05, 3.63) is 88.6 Å². The van der Waals surface area contributed by atoms with Crippen LogP contribution in [0.1, 0.15) is 71.7 Å². The fourth-order valence-electron chi connectivity index (χ4n) is 5.59. The third kappa shape index (κ3) is 6.12. The van der Waals surface area contributed by atoms with Crippen molar-refractivity contribution in [1.29, 1.82) is 5.26 Å². The number of likely N-dealkylation sites (tertiary alicyclic amines) is 1. The lowest BCUT2D eigenvalue weighted by atomic mass is 9.92. The fourth-order valence-corrected chi connectivity index (χ4v) is 5.59. The largest absolute Gasteiger partial charge is 0.478 e. The van der Waals surface area contributed by atoms with E-state index in [1.54, 1.807) is 36.4 Å². The van der Waals surface area contributed by atoms with E-state index in [-0.39, 0.29) is 29.7 Å². The first kappa shape index (κ1) is 29.2. The standard InChI is InChI=1S/C30H28FN5O4.C2H6/c31-23-14-19(16-32)4-5-22(23)17-40-28-3-1-2-24(33-28)20-8-10-35(11-9-20)27-18-39-13-12-36-26-15-21(30(37)38)6-7-25(26)34-29(27)36;1-2/h1-7,14-15,20,27H,8-13,17-18H2,(H,37,38);1-2H3. The summed E-state index contributed by atoms with van der Waals surface area (Å²) in [6.45, 7) is 7.42. The van der Waals surface area contributed by atoms with E-state index in [0.717, 1.165) is 48.5 Å². The fraction of sp³-hybridized carbons (Fsp3) is 0.375. The van der Waals surface area contributed by atoms with Gasteiger partial charge in [0.05, 0.1) is 47.5 Å². The normalized spacial score (nSPS) is 17.4. The molecule has 4 aromatic rings. The van der Waals surface area contributed by atoms with Crippen molar-refractivity contribution < 1.29 is 23.8 Å². The summed E-state index contributed by atoms with van der Waals surface area (Å²) in [4.78, 5) is 23.5. The van der Waals surface area contributed by atoms with E-state index in [2.05, 4.69) is 9.47 Å². The zero-order valence-corrected chi connectivity index (χ0v) is 23.8. The molecule has 0 saturated carbocycles. The van der Waals surface area contributed by atoms with Gasteiger partial charge in [0.1, 0.15) is 18.2 Å². The molecule has 1 saturated heterocycles. The van der Waals surface area contributed by atoms with Crippen LogP contribution in [0.15, 0.2) is 54.6 Å². The van der Waals surface area contributed by atoms with Crippen molar-refractivity contribution in [2.45, 2.75) is 51.8 Å². The Bertz CT molecular complexity index is 1610. The first-order valence-electron chi connectivity index (χ1n) is 14.3. The zero-order chi connectivity index (χ0) is 29.6. The number of nitriles is 1. The number of rotatable bonds is 6. The van der Waals surface area contributed by atoms with Crippen molar-refractivity contribution >= 4 is 17.0 Å². The van der Waals surface area contributed by atoms with E-state index >= 15 is 0 Å². The molecule has 10 heteroatoms. The Morgan fingerprint density at radius 3 is 2.67 bits per heavy atom. The van der Waals surface area contributed by atoms with Gasteiger partial charge in [0, 0.05) is 29.8 Å². The lowest BCUT2D eigenvalue weighted by Crippen LogP contribution is -2.38. The number of pyridine rings is 1. The molecular formula is C32H34FN5O4. The maximum Gasteiger partial charge on any atom is 0.335 e. The lowest BCUT2D eigenvalue weighted by Gasteiger charge is -2.36. The second-order valence-corrected chi connectivity index (χ2v) is 10.1. The van der Waals surface area contributed by atoms with Gasteiger partial charge >= 0.3 is 5.97 Å². The number of fused-ring (bicyclic) bond motifs is 3. The molecule has 1 atom stereocenters. The Morgan fingerprint density at radius 2 is 1.93 bits per heavy atom. The number of nitrogens with zero attached hydrogens (tertiary/aromatic N) is 5. The minimum atomic E-state index is -0.953. The minimum Gasteiger partial charge on any atom is -0.478 e. The van der Waals surface area contributed by atoms with Crippen LogP contribution in [0.2, 0.25) is 0 Å². The molecule has 1 fully saturated rings. The molecule has 2 aromatic carbocycles. The Morgan fingerprint density at radius 1 is 1.12 bits per heavy atom. The van der Waals surface area contributed by atoms with Crippen LogP contribution >= 0.6 is 0 Å². The van der Waals surface area contributed by atoms with E-state index in [4.69, 9.17) is 24.7 Å². The molecule has 218 valence electrons. The number of aromatic carboxylic acids is 1. The van der Waals surface area contributed by atoms with E-state index in [0.29, 0.717) is 31.2 Å². The highest BCUT2D eigenvalue weighted by Gasteiger charge is 2.32. The number of hydrogen-bond acceptors (Lipinski definition) is 7. The molecule has 2 aromatic heterocycles. The predicted molar refractivity (Wildman–Crippen MR) is 155 cm³/mol. The van der Waals surface area contributed by atoms with Gasteiger partial charge in [0.15, 0.2) is 0 Å². The van der Waals surface area contributed by atoms with E-state index in [1.807, 2.05) is 32.0 Å². The number of piperidine rings is 1. The molecule has 1 unspecified atom stereocenters. The van der Waals surface area contributed by atoms with Gasteiger partial charge in [-0.1, -0.05) is 26.0 Å². The van der Waals surface area contributed by atoms with Gasteiger partial charge in [-0.3, -0.25) is 4.90 Å². The quantitative estimate of drug-likeness (QED) is 0.314. The molecule has 42 heavy (non-hydrogen) atoms. The number of benzene rings is 2. The number of halogens is 1. The van der Waals surface area contributed by atoms with Crippen LogP contribution in [0.4, 0.5) is 4.39 Å². The predicted octanol–water partition coefficient (Wildman–Crippen LogP) is 5.70.